The van der Waals surface area contributed by atoms with Gasteiger partial charge in [-0.3, -0.25) is 4.79 Å². The maximum atomic E-state index is 13.3. The third kappa shape index (κ3) is 2.83. The van der Waals surface area contributed by atoms with E-state index in [2.05, 4.69) is 30.6 Å². The zero-order chi connectivity index (χ0) is 19.0. The van der Waals surface area contributed by atoms with Gasteiger partial charge in [0.05, 0.1) is 0 Å². The molecule has 27 heavy (non-hydrogen) atoms. The maximum Gasteiger partial charge on any atom is 0.295 e. The molecule has 0 bridgehead atoms. The Morgan fingerprint density at radius 1 is 1.44 bits per heavy atom. The molecule has 3 aromatic heterocycles. The molecule has 3 aromatic rings. The topological polar surface area (TPSA) is 111 Å². The smallest absolute Gasteiger partial charge is 0.295 e. The van der Waals surface area contributed by atoms with Gasteiger partial charge in [-0.05, 0) is 19.9 Å². The van der Waals surface area contributed by atoms with E-state index in [1.807, 2.05) is 0 Å². The van der Waals surface area contributed by atoms with Crippen LogP contribution in [0.25, 0.3) is 11.2 Å². The summed E-state index contributed by atoms with van der Waals surface area (Å²) in [5.41, 5.74) is -0.350. The number of carbonyl (C=O) groups excluding carboxylic acids is 1. The van der Waals surface area contributed by atoms with Gasteiger partial charge in [0.15, 0.2) is 29.2 Å². The van der Waals surface area contributed by atoms with E-state index in [-0.39, 0.29) is 35.2 Å². The summed E-state index contributed by atoms with van der Waals surface area (Å²) in [6.45, 7) is 2.97. The Hall–Kier alpha value is -2.95. The molecule has 0 spiro atoms. The summed E-state index contributed by atoms with van der Waals surface area (Å²) in [6, 6.07) is 0. The fraction of sp³-hybridized carbons (Fsp3) is 0.438. The van der Waals surface area contributed by atoms with Crippen LogP contribution in [0.4, 0.5) is 14.6 Å². The molecule has 1 aliphatic heterocycles. The lowest BCUT2D eigenvalue weighted by molar-refractivity contribution is 0.0911. The highest BCUT2D eigenvalue weighted by atomic mass is 19.3. The fourth-order valence-electron chi connectivity index (χ4n) is 3.37. The molecule has 142 valence electrons. The third-order valence-corrected chi connectivity index (χ3v) is 4.69. The van der Waals surface area contributed by atoms with E-state index in [1.165, 1.54) is 23.6 Å². The van der Waals surface area contributed by atoms with Crippen molar-refractivity contribution in [1.82, 2.24) is 29.8 Å². The van der Waals surface area contributed by atoms with Crippen molar-refractivity contribution in [2.24, 2.45) is 0 Å². The van der Waals surface area contributed by atoms with Gasteiger partial charge in [0.25, 0.3) is 6.43 Å². The number of hydrogen-bond acceptors (Lipinski definition) is 8. The van der Waals surface area contributed by atoms with Crippen LogP contribution in [0.2, 0.25) is 0 Å². The van der Waals surface area contributed by atoms with Gasteiger partial charge < -0.3 is 19.6 Å². The molecular weight excluding hydrogens is 360 g/mol. The van der Waals surface area contributed by atoms with Crippen LogP contribution in [0.15, 0.2) is 23.4 Å². The van der Waals surface area contributed by atoms with E-state index >= 15 is 0 Å². The van der Waals surface area contributed by atoms with Gasteiger partial charge in [0, 0.05) is 13.1 Å². The van der Waals surface area contributed by atoms with E-state index in [9.17, 15) is 13.6 Å². The van der Waals surface area contributed by atoms with Crippen molar-refractivity contribution in [1.29, 1.82) is 0 Å². The first-order valence-corrected chi connectivity index (χ1v) is 8.47. The Balaban J connectivity index is 1.78. The number of imidazole rings is 1. The quantitative estimate of drug-likeness (QED) is 0.626. The number of ketones is 1. The maximum absolute atomic E-state index is 13.3. The Labute approximate surface area is 152 Å². The summed E-state index contributed by atoms with van der Waals surface area (Å²) in [5, 5.41) is 6.26. The van der Waals surface area contributed by atoms with Crippen LogP contribution in [-0.4, -0.2) is 48.9 Å². The molecule has 11 heteroatoms. The van der Waals surface area contributed by atoms with Crippen molar-refractivity contribution in [3.8, 4) is 0 Å². The van der Waals surface area contributed by atoms with Crippen LogP contribution in [0, 0.1) is 0 Å². The number of fused-ring (bicyclic) bond motifs is 1. The normalized spacial score (nSPS) is 19.9. The van der Waals surface area contributed by atoms with Gasteiger partial charge >= 0.3 is 0 Å². The second kappa shape index (κ2) is 6.65. The largest absolute Gasteiger partial charge is 0.451 e. The highest BCUT2D eigenvalue weighted by molar-refractivity contribution is 6.04. The summed E-state index contributed by atoms with van der Waals surface area (Å²) in [6.07, 6.45) is 1.46. The van der Waals surface area contributed by atoms with Gasteiger partial charge in [-0.1, -0.05) is 0 Å². The number of anilines is 1. The third-order valence-electron chi connectivity index (χ3n) is 4.69. The fourth-order valence-corrected chi connectivity index (χ4v) is 3.37. The van der Waals surface area contributed by atoms with Gasteiger partial charge in [-0.25, -0.2) is 28.7 Å². The number of aryl methyl sites for hydroxylation is 1. The van der Waals surface area contributed by atoms with Crippen molar-refractivity contribution in [3.63, 3.8) is 0 Å². The highest BCUT2D eigenvalue weighted by Gasteiger charge is 2.43. The van der Waals surface area contributed by atoms with E-state index < -0.39 is 12.0 Å². The number of nitrogens with zero attached hydrogens (tertiary/aromatic N) is 5. The first-order chi connectivity index (χ1) is 13.1. The van der Waals surface area contributed by atoms with Crippen LogP contribution in [-0.2, 0) is 6.54 Å². The Morgan fingerprint density at radius 2 is 2.30 bits per heavy atom. The predicted octanol–water partition coefficient (Wildman–Crippen LogP) is 1.80. The molecular formula is C16H17F2N7O2. The Bertz CT molecular complexity index is 965. The van der Waals surface area contributed by atoms with Crippen LogP contribution >= 0.6 is 0 Å². The predicted molar refractivity (Wildman–Crippen MR) is 90.6 cm³/mol. The molecule has 4 rings (SSSR count). The minimum Gasteiger partial charge on any atom is -0.451 e. The minimum atomic E-state index is -2.74. The molecule has 0 amide bonds. The number of nitrogens with one attached hydrogen (secondary N) is 2. The van der Waals surface area contributed by atoms with E-state index in [0.717, 1.165) is 0 Å². The van der Waals surface area contributed by atoms with Crippen LogP contribution in [0.1, 0.15) is 36.1 Å². The molecule has 0 aliphatic carbocycles. The standard InChI is InChI=1S/C16H17F2N7O2/c1-2-25-14-10(23-15(25)12(17)18)13(20-7-21-14)24-16(3-4-19-6-16)11(26)9-5-27-8-22-9/h5,7-8,12,19H,2-4,6H2,1H3,(H,20,21,24). The lowest BCUT2D eigenvalue weighted by Crippen LogP contribution is -2.48. The first-order valence-electron chi connectivity index (χ1n) is 8.47. The molecule has 1 saturated heterocycles. The summed E-state index contributed by atoms with van der Waals surface area (Å²) >= 11 is 0. The number of alkyl halides is 2. The first kappa shape index (κ1) is 17.5. The summed E-state index contributed by atoms with van der Waals surface area (Å²) < 4.78 is 32.9. The highest BCUT2D eigenvalue weighted by Crippen LogP contribution is 2.30. The second-order valence-electron chi connectivity index (χ2n) is 6.25. The lowest BCUT2D eigenvalue weighted by Gasteiger charge is -2.27. The molecule has 1 atom stereocenters. The molecule has 0 aromatic carbocycles. The van der Waals surface area contributed by atoms with E-state index in [1.54, 1.807) is 6.92 Å². The molecule has 1 aliphatic rings. The van der Waals surface area contributed by atoms with Crippen molar-refractivity contribution in [3.05, 3.63) is 30.5 Å². The van der Waals surface area contributed by atoms with Gasteiger partial charge in [-0.2, -0.15) is 0 Å². The lowest BCUT2D eigenvalue weighted by atomic mass is 9.91. The number of oxazole rings is 1. The number of Topliss-reactive ketones (excluding diaryl/α,β-unsaturated/α-hetero) is 1. The molecule has 0 saturated carbocycles. The van der Waals surface area contributed by atoms with Crippen LogP contribution < -0.4 is 10.6 Å². The van der Waals surface area contributed by atoms with Crippen molar-refractivity contribution in [2.45, 2.75) is 31.9 Å². The zero-order valence-electron chi connectivity index (χ0n) is 14.4. The Kier molecular flexibility index (Phi) is 4.30. The number of hydrogen-bond donors (Lipinski definition) is 2. The minimum absolute atomic E-state index is 0.184. The van der Waals surface area contributed by atoms with Crippen molar-refractivity contribution in [2.75, 3.05) is 18.4 Å². The van der Waals surface area contributed by atoms with Gasteiger partial charge in [0.1, 0.15) is 23.8 Å². The monoisotopic (exact) mass is 377 g/mol. The number of halogens is 2. The number of carbonyl (C=O) groups is 1. The van der Waals surface area contributed by atoms with Crippen LogP contribution in [0.3, 0.4) is 0 Å². The number of aromatic nitrogens is 5. The van der Waals surface area contributed by atoms with Gasteiger partial charge in [-0.15, -0.1) is 0 Å². The summed E-state index contributed by atoms with van der Waals surface area (Å²) in [7, 11) is 0. The average Bonchev–Trinajstić information content (AvgIpc) is 3.40. The molecule has 1 unspecified atom stereocenters. The molecule has 0 radical (unpaired) electrons. The molecule has 2 N–H and O–H groups in total. The van der Waals surface area contributed by atoms with E-state index in [0.29, 0.717) is 25.2 Å². The average molecular weight is 377 g/mol. The van der Waals surface area contributed by atoms with Crippen LogP contribution in [0.5, 0.6) is 0 Å². The SMILES string of the molecule is CCn1c(C(F)F)nc2c(NC3(C(=O)c4cocn4)CCNC3)ncnc21. The molecule has 9 nitrogen and oxygen atoms in total. The summed E-state index contributed by atoms with van der Waals surface area (Å²) in [5.74, 6) is -0.413. The van der Waals surface area contributed by atoms with Crippen molar-refractivity contribution < 1.29 is 18.0 Å². The van der Waals surface area contributed by atoms with Crippen molar-refractivity contribution >= 4 is 22.8 Å². The number of rotatable bonds is 6. The van der Waals surface area contributed by atoms with E-state index in [4.69, 9.17) is 4.42 Å². The Morgan fingerprint density at radius 3 is 2.93 bits per heavy atom. The molecule has 4 heterocycles. The zero-order valence-corrected chi connectivity index (χ0v) is 14.4. The second-order valence-corrected chi connectivity index (χ2v) is 6.25. The molecule has 1 fully saturated rings. The summed E-state index contributed by atoms with van der Waals surface area (Å²) in [4.78, 5) is 29.2. The van der Waals surface area contributed by atoms with Gasteiger partial charge in [0.2, 0.25) is 5.78 Å².